The Morgan fingerprint density at radius 2 is 1.76 bits per heavy atom. The summed E-state index contributed by atoms with van der Waals surface area (Å²) in [5, 5.41) is 10.9. The molecular weight excluding hydrogens is 312 g/mol. The van der Waals surface area contributed by atoms with Gasteiger partial charge in [-0.3, -0.25) is 4.99 Å². The average Bonchev–Trinajstić information content (AvgIpc) is 3.35. The summed E-state index contributed by atoms with van der Waals surface area (Å²) in [7, 11) is 1.80. The van der Waals surface area contributed by atoms with Crippen molar-refractivity contribution in [1.82, 2.24) is 25.0 Å². The van der Waals surface area contributed by atoms with Crippen molar-refractivity contribution in [1.29, 1.82) is 0 Å². The number of benzene rings is 1. The first-order chi connectivity index (χ1) is 12.3. The molecule has 6 heteroatoms. The highest BCUT2D eigenvalue weighted by Crippen LogP contribution is 2.08. The van der Waals surface area contributed by atoms with Crippen LogP contribution in [0.2, 0.25) is 0 Å². The summed E-state index contributed by atoms with van der Waals surface area (Å²) < 4.78 is 4.00. The Labute approximate surface area is 148 Å². The van der Waals surface area contributed by atoms with Crippen LogP contribution in [0.25, 0.3) is 5.69 Å². The Bertz CT molecular complexity index is 757. The zero-order valence-corrected chi connectivity index (χ0v) is 14.5. The van der Waals surface area contributed by atoms with Crippen molar-refractivity contribution in [2.24, 2.45) is 4.99 Å². The van der Waals surface area contributed by atoms with Crippen molar-refractivity contribution in [2.75, 3.05) is 20.1 Å². The number of guanidine groups is 1. The van der Waals surface area contributed by atoms with Crippen LogP contribution in [0.3, 0.4) is 0 Å². The van der Waals surface area contributed by atoms with Crippen molar-refractivity contribution in [3.63, 3.8) is 0 Å². The van der Waals surface area contributed by atoms with Gasteiger partial charge < -0.3 is 15.2 Å². The van der Waals surface area contributed by atoms with E-state index in [-0.39, 0.29) is 0 Å². The summed E-state index contributed by atoms with van der Waals surface area (Å²) in [4.78, 5) is 4.26. The van der Waals surface area contributed by atoms with Gasteiger partial charge in [-0.2, -0.15) is 5.10 Å². The highest BCUT2D eigenvalue weighted by Gasteiger charge is 2.00. The van der Waals surface area contributed by atoms with Gasteiger partial charge in [-0.05, 0) is 42.3 Å². The van der Waals surface area contributed by atoms with Crippen LogP contribution in [0.5, 0.6) is 0 Å². The molecule has 0 saturated heterocycles. The van der Waals surface area contributed by atoms with Gasteiger partial charge in [0, 0.05) is 51.5 Å². The quantitative estimate of drug-likeness (QED) is 0.513. The minimum Gasteiger partial charge on any atom is -0.356 e. The maximum Gasteiger partial charge on any atom is 0.191 e. The van der Waals surface area contributed by atoms with E-state index in [1.165, 1.54) is 5.56 Å². The van der Waals surface area contributed by atoms with Crippen molar-refractivity contribution < 1.29 is 0 Å². The molecule has 6 nitrogen and oxygen atoms in total. The number of hydrogen-bond donors (Lipinski definition) is 2. The molecule has 3 aromatic rings. The fourth-order valence-electron chi connectivity index (χ4n) is 2.61. The molecule has 0 saturated carbocycles. The summed E-state index contributed by atoms with van der Waals surface area (Å²) in [5.74, 6) is 0.834. The van der Waals surface area contributed by atoms with E-state index in [0.717, 1.165) is 37.7 Å². The average molecular weight is 336 g/mol. The molecule has 0 radical (unpaired) electrons. The predicted molar refractivity (Wildman–Crippen MR) is 101 cm³/mol. The van der Waals surface area contributed by atoms with Gasteiger partial charge in [-0.15, -0.1) is 0 Å². The molecule has 0 amide bonds. The topological polar surface area (TPSA) is 59.2 Å². The van der Waals surface area contributed by atoms with Crippen LogP contribution in [0, 0.1) is 0 Å². The molecule has 0 atom stereocenters. The third kappa shape index (κ3) is 4.97. The number of nitrogens with zero attached hydrogens (tertiary/aromatic N) is 4. The molecule has 130 valence electrons. The summed E-state index contributed by atoms with van der Waals surface area (Å²) in [6.45, 7) is 2.60. The van der Waals surface area contributed by atoms with Gasteiger partial charge in [0.05, 0.1) is 5.69 Å². The van der Waals surface area contributed by atoms with E-state index < -0.39 is 0 Å². The van der Waals surface area contributed by atoms with Crippen LogP contribution in [-0.4, -0.2) is 40.4 Å². The van der Waals surface area contributed by atoms with Crippen LogP contribution in [-0.2, 0) is 13.0 Å². The number of aromatic nitrogens is 3. The first-order valence-corrected chi connectivity index (χ1v) is 8.49. The normalized spacial score (nSPS) is 11.5. The fourth-order valence-corrected chi connectivity index (χ4v) is 2.61. The first-order valence-electron chi connectivity index (χ1n) is 8.49. The van der Waals surface area contributed by atoms with Crippen LogP contribution in [0.1, 0.15) is 5.56 Å². The van der Waals surface area contributed by atoms with Crippen LogP contribution >= 0.6 is 0 Å². The Kier molecular flexibility index (Phi) is 5.87. The zero-order valence-electron chi connectivity index (χ0n) is 14.5. The summed E-state index contributed by atoms with van der Waals surface area (Å²) in [6.07, 6.45) is 8.79. The van der Waals surface area contributed by atoms with Crippen LogP contribution in [0.4, 0.5) is 0 Å². The van der Waals surface area contributed by atoms with Gasteiger partial charge in [0.25, 0.3) is 0 Å². The monoisotopic (exact) mass is 336 g/mol. The molecule has 0 spiro atoms. The highest BCUT2D eigenvalue weighted by molar-refractivity contribution is 5.79. The Hall–Kier alpha value is -3.02. The molecule has 0 unspecified atom stereocenters. The third-order valence-corrected chi connectivity index (χ3v) is 3.96. The van der Waals surface area contributed by atoms with Gasteiger partial charge in [0.2, 0.25) is 0 Å². The number of nitrogens with one attached hydrogen (secondary N) is 2. The minimum absolute atomic E-state index is 0.834. The SMILES string of the molecule is CN=C(NCCc1ccc(-n2cccn2)cc1)NCCn1cccc1. The summed E-state index contributed by atoms with van der Waals surface area (Å²) in [6, 6.07) is 14.4. The van der Waals surface area contributed by atoms with E-state index in [4.69, 9.17) is 0 Å². The van der Waals surface area contributed by atoms with E-state index in [9.17, 15) is 0 Å². The Morgan fingerprint density at radius 3 is 2.44 bits per heavy atom. The second kappa shape index (κ2) is 8.73. The van der Waals surface area contributed by atoms with E-state index in [0.29, 0.717) is 0 Å². The Balaban J connectivity index is 1.40. The van der Waals surface area contributed by atoms with Gasteiger partial charge in [0.1, 0.15) is 0 Å². The van der Waals surface area contributed by atoms with E-state index in [1.807, 2.05) is 29.1 Å². The Morgan fingerprint density at radius 1 is 1.00 bits per heavy atom. The minimum atomic E-state index is 0.834. The fraction of sp³-hybridized carbons (Fsp3) is 0.263. The zero-order chi connectivity index (χ0) is 17.3. The maximum absolute atomic E-state index is 4.26. The van der Waals surface area contributed by atoms with E-state index in [2.05, 4.69) is 62.0 Å². The maximum atomic E-state index is 4.26. The molecule has 0 aliphatic carbocycles. The molecule has 0 aliphatic rings. The lowest BCUT2D eigenvalue weighted by atomic mass is 10.1. The van der Waals surface area contributed by atoms with E-state index >= 15 is 0 Å². The van der Waals surface area contributed by atoms with Crippen LogP contribution in [0.15, 0.2) is 72.2 Å². The van der Waals surface area contributed by atoms with Gasteiger partial charge in [0.15, 0.2) is 5.96 Å². The molecule has 2 N–H and O–H groups in total. The predicted octanol–water partition coefficient (Wildman–Crippen LogP) is 2.08. The van der Waals surface area contributed by atoms with Crippen molar-refractivity contribution in [3.8, 4) is 5.69 Å². The van der Waals surface area contributed by atoms with E-state index in [1.54, 1.807) is 13.2 Å². The van der Waals surface area contributed by atoms with Gasteiger partial charge in [-0.25, -0.2) is 4.68 Å². The summed E-state index contributed by atoms with van der Waals surface area (Å²) >= 11 is 0. The highest BCUT2D eigenvalue weighted by atomic mass is 15.3. The van der Waals surface area contributed by atoms with Crippen molar-refractivity contribution >= 4 is 5.96 Å². The first kappa shape index (κ1) is 16.8. The van der Waals surface area contributed by atoms with Crippen molar-refractivity contribution in [2.45, 2.75) is 13.0 Å². The van der Waals surface area contributed by atoms with Gasteiger partial charge >= 0.3 is 0 Å². The molecule has 0 bridgehead atoms. The largest absolute Gasteiger partial charge is 0.356 e. The van der Waals surface area contributed by atoms with Gasteiger partial charge in [-0.1, -0.05) is 12.1 Å². The molecule has 3 rings (SSSR count). The number of hydrogen-bond acceptors (Lipinski definition) is 2. The summed E-state index contributed by atoms with van der Waals surface area (Å²) in [5.41, 5.74) is 2.36. The molecule has 2 aromatic heterocycles. The molecular formula is C19H24N6. The molecule has 2 heterocycles. The lowest BCUT2D eigenvalue weighted by Gasteiger charge is -2.12. The second-order valence-electron chi connectivity index (χ2n) is 5.71. The third-order valence-electron chi connectivity index (χ3n) is 3.96. The molecule has 1 aromatic carbocycles. The molecule has 0 aliphatic heterocycles. The van der Waals surface area contributed by atoms with Crippen molar-refractivity contribution in [3.05, 3.63) is 72.8 Å². The molecule has 0 fully saturated rings. The lowest BCUT2D eigenvalue weighted by molar-refractivity contribution is 0.665. The smallest absolute Gasteiger partial charge is 0.191 e. The standard InChI is InChI=1S/C19H24N6/c1-20-19(22-12-16-24-13-2-3-14-24)21-11-9-17-5-7-18(8-6-17)25-15-4-10-23-25/h2-8,10,13-15H,9,11-12,16H2,1H3,(H2,20,21,22). The molecule has 25 heavy (non-hydrogen) atoms. The number of aliphatic imine (C=N–C) groups is 1. The van der Waals surface area contributed by atoms with Crippen LogP contribution < -0.4 is 10.6 Å². The second-order valence-corrected chi connectivity index (χ2v) is 5.71. The number of rotatable bonds is 7. The lowest BCUT2D eigenvalue weighted by Crippen LogP contribution is -2.39.